The molecule has 0 aliphatic rings. The fourth-order valence-corrected chi connectivity index (χ4v) is 4.29. The summed E-state index contributed by atoms with van der Waals surface area (Å²) in [6.07, 6.45) is 8.57. The van der Waals surface area contributed by atoms with E-state index < -0.39 is 0 Å². The third-order valence-corrected chi connectivity index (χ3v) is 5.95. The molecule has 0 N–H and O–H groups in total. The average molecular weight is 399 g/mol. The second-order valence-electron chi connectivity index (χ2n) is 8.79. The van der Waals surface area contributed by atoms with Crippen LogP contribution >= 0.6 is 0 Å². The number of aryl methyl sites for hydroxylation is 2. The SMILES string of the molecule is Cc1ccc(-n2cccc2)cc1-c1n(-c2c(C(C)C)cccc2C(C)C)cc[n+]1C. The first kappa shape index (κ1) is 20.2. The van der Waals surface area contributed by atoms with Gasteiger partial charge in [-0.1, -0.05) is 52.0 Å². The highest BCUT2D eigenvalue weighted by atomic mass is 15.1. The number of hydrogen-bond donors (Lipinski definition) is 0. The molecule has 0 bridgehead atoms. The zero-order chi connectivity index (χ0) is 21.4. The van der Waals surface area contributed by atoms with Crippen molar-refractivity contribution in [2.75, 3.05) is 0 Å². The van der Waals surface area contributed by atoms with Crippen LogP contribution in [0, 0.1) is 6.92 Å². The average Bonchev–Trinajstić information content (AvgIpc) is 3.38. The van der Waals surface area contributed by atoms with Gasteiger partial charge in [-0.2, -0.15) is 4.57 Å². The lowest BCUT2D eigenvalue weighted by molar-refractivity contribution is -0.659. The molecular weight excluding hydrogens is 366 g/mol. The number of hydrogen-bond acceptors (Lipinski definition) is 0. The zero-order valence-corrected chi connectivity index (χ0v) is 18.9. The Balaban J connectivity index is 1.99. The van der Waals surface area contributed by atoms with Crippen molar-refractivity contribution >= 4 is 0 Å². The van der Waals surface area contributed by atoms with Gasteiger partial charge in [0.2, 0.25) is 0 Å². The molecule has 3 nitrogen and oxygen atoms in total. The van der Waals surface area contributed by atoms with E-state index in [1.54, 1.807) is 0 Å². The van der Waals surface area contributed by atoms with E-state index in [-0.39, 0.29) is 0 Å². The van der Waals surface area contributed by atoms with Crippen LogP contribution in [0.5, 0.6) is 0 Å². The predicted octanol–water partition coefficient (Wildman–Crippen LogP) is 6.31. The van der Waals surface area contributed by atoms with Crippen LogP contribution in [-0.4, -0.2) is 9.13 Å². The molecule has 0 saturated heterocycles. The molecule has 4 aromatic rings. The van der Waals surface area contributed by atoms with E-state index in [1.165, 1.54) is 39.5 Å². The monoisotopic (exact) mass is 398 g/mol. The Bertz CT molecular complexity index is 1130. The summed E-state index contributed by atoms with van der Waals surface area (Å²) < 4.78 is 6.80. The Hall–Kier alpha value is -3.07. The van der Waals surface area contributed by atoms with Gasteiger partial charge in [-0.15, -0.1) is 0 Å². The molecular formula is C27H32N3+. The molecule has 0 fully saturated rings. The van der Waals surface area contributed by atoms with Gasteiger partial charge in [0.25, 0.3) is 5.82 Å². The molecule has 0 atom stereocenters. The summed E-state index contributed by atoms with van der Waals surface area (Å²) in [5, 5.41) is 0. The van der Waals surface area contributed by atoms with E-state index in [0.717, 1.165) is 0 Å². The summed E-state index contributed by atoms with van der Waals surface area (Å²) in [4.78, 5) is 0. The minimum atomic E-state index is 0.451. The van der Waals surface area contributed by atoms with Crippen molar-refractivity contribution in [3.63, 3.8) is 0 Å². The van der Waals surface area contributed by atoms with Crippen LogP contribution in [0.1, 0.15) is 56.2 Å². The lowest BCUT2D eigenvalue weighted by Crippen LogP contribution is -2.29. The Labute approximate surface area is 180 Å². The zero-order valence-electron chi connectivity index (χ0n) is 18.9. The van der Waals surface area contributed by atoms with Gasteiger partial charge >= 0.3 is 0 Å². The van der Waals surface area contributed by atoms with E-state index in [2.05, 4.69) is 129 Å². The first-order valence-electron chi connectivity index (χ1n) is 10.8. The van der Waals surface area contributed by atoms with Crippen LogP contribution in [0.3, 0.4) is 0 Å². The maximum absolute atomic E-state index is 2.40. The van der Waals surface area contributed by atoms with Gasteiger partial charge in [0.1, 0.15) is 18.1 Å². The van der Waals surface area contributed by atoms with Crippen molar-refractivity contribution in [2.45, 2.75) is 46.5 Å². The lowest BCUT2D eigenvalue weighted by Gasteiger charge is -2.18. The maximum atomic E-state index is 2.40. The quantitative estimate of drug-likeness (QED) is 0.349. The number of rotatable bonds is 5. The predicted molar refractivity (Wildman–Crippen MR) is 125 cm³/mol. The van der Waals surface area contributed by atoms with Gasteiger partial charge in [-0.25, -0.2) is 4.57 Å². The lowest BCUT2D eigenvalue weighted by atomic mass is 9.92. The molecule has 0 unspecified atom stereocenters. The summed E-state index contributed by atoms with van der Waals surface area (Å²) in [5.74, 6) is 2.11. The van der Waals surface area contributed by atoms with Gasteiger partial charge in [0.05, 0.1) is 12.6 Å². The maximum Gasteiger partial charge on any atom is 0.294 e. The standard InChI is InChI=1S/C27H32N3/c1-19(2)23-10-9-11-24(20(3)4)26(23)30-17-16-28(6)27(30)25-18-22(13-12-21(25)5)29-14-7-8-15-29/h7-20H,1-6H3/q+1. The molecule has 0 amide bonds. The van der Waals surface area contributed by atoms with Crippen molar-refractivity contribution in [1.29, 1.82) is 0 Å². The molecule has 0 aliphatic heterocycles. The second kappa shape index (κ2) is 7.98. The van der Waals surface area contributed by atoms with E-state index in [4.69, 9.17) is 0 Å². The normalized spacial score (nSPS) is 11.6. The van der Waals surface area contributed by atoms with Crippen LogP contribution < -0.4 is 4.57 Å². The van der Waals surface area contributed by atoms with Crippen molar-refractivity contribution in [3.8, 4) is 22.8 Å². The first-order valence-corrected chi connectivity index (χ1v) is 10.8. The van der Waals surface area contributed by atoms with Gasteiger partial charge in [0, 0.05) is 29.2 Å². The van der Waals surface area contributed by atoms with Crippen LogP contribution in [0.4, 0.5) is 0 Å². The first-order chi connectivity index (χ1) is 14.4. The van der Waals surface area contributed by atoms with Gasteiger partial charge in [-0.3, -0.25) is 0 Å². The third-order valence-electron chi connectivity index (χ3n) is 5.95. The summed E-state index contributed by atoms with van der Waals surface area (Å²) in [7, 11) is 2.14. The highest BCUT2D eigenvalue weighted by Gasteiger charge is 2.26. The van der Waals surface area contributed by atoms with E-state index in [9.17, 15) is 0 Å². The fourth-order valence-electron chi connectivity index (χ4n) is 4.29. The molecule has 0 aliphatic carbocycles. The Morgan fingerprint density at radius 1 is 0.800 bits per heavy atom. The van der Waals surface area contributed by atoms with Crippen LogP contribution in [-0.2, 0) is 7.05 Å². The van der Waals surface area contributed by atoms with Crippen molar-refractivity contribution in [3.05, 3.63) is 90.0 Å². The third kappa shape index (κ3) is 3.49. The molecule has 0 spiro atoms. The van der Waals surface area contributed by atoms with Crippen LogP contribution in [0.15, 0.2) is 73.3 Å². The number of benzene rings is 2. The van der Waals surface area contributed by atoms with Crippen LogP contribution in [0.2, 0.25) is 0 Å². The summed E-state index contributed by atoms with van der Waals surface area (Å²) >= 11 is 0. The van der Waals surface area contributed by atoms with Crippen molar-refractivity contribution in [2.24, 2.45) is 7.05 Å². The fraction of sp³-hybridized carbons (Fsp3) is 0.296. The molecule has 0 saturated carbocycles. The molecule has 4 rings (SSSR count). The van der Waals surface area contributed by atoms with Gasteiger partial charge in [-0.05, 0) is 48.6 Å². The summed E-state index contributed by atoms with van der Waals surface area (Å²) in [5.41, 5.74) is 7.80. The Morgan fingerprint density at radius 2 is 1.43 bits per heavy atom. The summed E-state index contributed by atoms with van der Waals surface area (Å²) in [6, 6.07) is 17.6. The summed E-state index contributed by atoms with van der Waals surface area (Å²) in [6.45, 7) is 11.3. The van der Waals surface area contributed by atoms with E-state index >= 15 is 0 Å². The Morgan fingerprint density at radius 3 is 2.03 bits per heavy atom. The molecule has 154 valence electrons. The number of aromatic nitrogens is 3. The molecule has 2 aromatic carbocycles. The highest BCUT2D eigenvalue weighted by Crippen LogP contribution is 2.34. The molecule has 0 radical (unpaired) electrons. The number of imidazole rings is 1. The van der Waals surface area contributed by atoms with E-state index in [0.29, 0.717) is 11.8 Å². The van der Waals surface area contributed by atoms with Crippen molar-refractivity contribution in [1.82, 2.24) is 9.13 Å². The second-order valence-corrected chi connectivity index (χ2v) is 8.79. The minimum Gasteiger partial charge on any atom is -0.324 e. The van der Waals surface area contributed by atoms with Crippen LogP contribution in [0.25, 0.3) is 22.8 Å². The van der Waals surface area contributed by atoms with Gasteiger partial charge in [0.15, 0.2) is 0 Å². The van der Waals surface area contributed by atoms with Gasteiger partial charge < -0.3 is 4.57 Å². The molecule has 3 heteroatoms. The Kier molecular flexibility index (Phi) is 5.38. The smallest absolute Gasteiger partial charge is 0.294 e. The number of para-hydroxylation sites is 1. The van der Waals surface area contributed by atoms with E-state index in [1.807, 2.05) is 0 Å². The number of nitrogens with zero attached hydrogens (tertiary/aromatic N) is 3. The minimum absolute atomic E-state index is 0.451. The largest absolute Gasteiger partial charge is 0.324 e. The molecule has 30 heavy (non-hydrogen) atoms. The molecule has 2 heterocycles. The molecule has 2 aromatic heterocycles. The van der Waals surface area contributed by atoms with Crippen molar-refractivity contribution < 1.29 is 4.57 Å². The highest BCUT2D eigenvalue weighted by molar-refractivity contribution is 5.66. The topological polar surface area (TPSA) is 13.7 Å².